The van der Waals surface area contributed by atoms with E-state index in [0.29, 0.717) is 17.5 Å². The zero-order chi connectivity index (χ0) is 33.7. The summed E-state index contributed by atoms with van der Waals surface area (Å²) in [5.74, 6) is 1.93. The Morgan fingerprint density at radius 3 is 1.53 bits per heavy atom. The molecule has 0 N–H and O–H groups in total. The molecule has 4 heteroatoms. The van der Waals surface area contributed by atoms with E-state index < -0.39 is 0 Å². The second-order valence-corrected chi connectivity index (χ2v) is 12.9. The molecule has 2 aromatic heterocycles. The summed E-state index contributed by atoms with van der Waals surface area (Å²) in [5.41, 5.74) is 8.54. The molecule has 0 saturated carbocycles. The fourth-order valence-electron chi connectivity index (χ4n) is 7.38. The number of para-hydroxylation sites is 1. The van der Waals surface area contributed by atoms with Crippen LogP contribution in [0.5, 0.6) is 0 Å². The molecule has 4 nitrogen and oxygen atoms in total. The molecule has 10 rings (SSSR count). The summed E-state index contributed by atoms with van der Waals surface area (Å²) in [5, 5.41) is 7.27. The molecule has 0 amide bonds. The largest absolute Gasteiger partial charge is 0.309 e. The van der Waals surface area contributed by atoms with Gasteiger partial charge in [-0.15, -0.1) is 0 Å². The number of nitrogens with zero attached hydrogens (tertiary/aromatic N) is 4. The number of rotatable bonds is 5. The lowest BCUT2D eigenvalue weighted by Gasteiger charge is -2.15. The van der Waals surface area contributed by atoms with Crippen LogP contribution in [0.25, 0.3) is 94.3 Å². The summed E-state index contributed by atoms with van der Waals surface area (Å²) in [4.78, 5) is 15.2. The Morgan fingerprint density at radius 1 is 0.333 bits per heavy atom. The summed E-state index contributed by atoms with van der Waals surface area (Å²) in [6, 6.07) is 64.0. The van der Waals surface area contributed by atoms with Gasteiger partial charge in [0.15, 0.2) is 17.5 Å². The Morgan fingerprint density at radius 2 is 0.863 bits per heavy atom. The van der Waals surface area contributed by atoms with Crippen molar-refractivity contribution in [3.8, 4) is 51.0 Å². The van der Waals surface area contributed by atoms with Gasteiger partial charge in [-0.2, -0.15) is 0 Å². The van der Waals surface area contributed by atoms with Crippen LogP contribution in [0.3, 0.4) is 0 Å². The molecule has 0 radical (unpaired) electrons. The van der Waals surface area contributed by atoms with E-state index >= 15 is 0 Å². The number of benzene rings is 8. The predicted octanol–water partition coefficient (Wildman–Crippen LogP) is 11.9. The second kappa shape index (κ2) is 11.9. The molecular formula is C47H30N4. The monoisotopic (exact) mass is 650 g/mol. The second-order valence-electron chi connectivity index (χ2n) is 12.9. The van der Waals surface area contributed by atoms with Crippen LogP contribution in [0.1, 0.15) is 0 Å². The molecule has 0 unspecified atom stereocenters. The minimum absolute atomic E-state index is 0.640. The molecule has 0 atom stereocenters. The Labute approximate surface area is 295 Å². The lowest BCUT2D eigenvalue weighted by molar-refractivity contribution is 1.07. The molecule has 238 valence electrons. The van der Waals surface area contributed by atoms with Crippen LogP contribution < -0.4 is 0 Å². The minimum Gasteiger partial charge on any atom is -0.309 e. The zero-order valence-corrected chi connectivity index (χ0v) is 27.6. The molecule has 0 aliphatic rings. The molecule has 10 aromatic rings. The summed E-state index contributed by atoms with van der Waals surface area (Å²) in [7, 11) is 0. The highest BCUT2D eigenvalue weighted by Gasteiger charge is 2.18. The molecule has 0 aliphatic carbocycles. The highest BCUT2D eigenvalue weighted by Crippen LogP contribution is 2.39. The van der Waals surface area contributed by atoms with Crippen molar-refractivity contribution in [1.29, 1.82) is 0 Å². The van der Waals surface area contributed by atoms with Crippen LogP contribution in [0.15, 0.2) is 182 Å². The third-order valence-corrected chi connectivity index (χ3v) is 9.82. The van der Waals surface area contributed by atoms with Crippen LogP contribution in [0.4, 0.5) is 0 Å². The van der Waals surface area contributed by atoms with Gasteiger partial charge in [-0.05, 0) is 57.6 Å². The van der Waals surface area contributed by atoms with Crippen LogP contribution in [0.2, 0.25) is 0 Å². The van der Waals surface area contributed by atoms with Crippen LogP contribution in [-0.4, -0.2) is 19.5 Å². The van der Waals surface area contributed by atoms with Gasteiger partial charge >= 0.3 is 0 Å². The van der Waals surface area contributed by atoms with Crippen LogP contribution in [-0.2, 0) is 0 Å². The summed E-state index contributed by atoms with van der Waals surface area (Å²) in [6.45, 7) is 0. The van der Waals surface area contributed by atoms with Crippen molar-refractivity contribution in [2.75, 3.05) is 0 Å². The third-order valence-electron chi connectivity index (χ3n) is 9.82. The highest BCUT2D eigenvalue weighted by molar-refractivity contribution is 6.18. The number of hydrogen-bond donors (Lipinski definition) is 0. The van der Waals surface area contributed by atoms with Crippen molar-refractivity contribution in [2.45, 2.75) is 0 Å². The highest BCUT2D eigenvalue weighted by atomic mass is 15.0. The van der Waals surface area contributed by atoms with Gasteiger partial charge in [-0.3, -0.25) is 0 Å². The van der Waals surface area contributed by atoms with E-state index in [0.717, 1.165) is 44.3 Å². The molecule has 0 fully saturated rings. The normalized spacial score (nSPS) is 11.5. The molecule has 8 aromatic carbocycles. The number of hydrogen-bond acceptors (Lipinski definition) is 3. The maximum atomic E-state index is 5.12. The molecular weight excluding hydrogens is 621 g/mol. The quantitative estimate of drug-likeness (QED) is 0.186. The zero-order valence-electron chi connectivity index (χ0n) is 27.6. The van der Waals surface area contributed by atoms with Crippen molar-refractivity contribution >= 4 is 43.4 Å². The maximum Gasteiger partial charge on any atom is 0.164 e. The van der Waals surface area contributed by atoms with Crippen LogP contribution >= 0.6 is 0 Å². The van der Waals surface area contributed by atoms with E-state index in [4.69, 9.17) is 15.0 Å². The van der Waals surface area contributed by atoms with Crippen molar-refractivity contribution in [2.24, 2.45) is 0 Å². The molecule has 0 bridgehead atoms. The fraction of sp³-hybridized carbons (Fsp3) is 0. The minimum atomic E-state index is 0.640. The lowest BCUT2D eigenvalue weighted by Crippen LogP contribution is -2.01. The Hall–Kier alpha value is -6.91. The Kier molecular flexibility index (Phi) is 6.78. The van der Waals surface area contributed by atoms with E-state index in [1.807, 2.05) is 60.7 Å². The molecule has 0 spiro atoms. The van der Waals surface area contributed by atoms with Crippen molar-refractivity contribution < 1.29 is 0 Å². The molecule has 0 saturated heterocycles. The van der Waals surface area contributed by atoms with Crippen LogP contribution in [0, 0.1) is 0 Å². The van der Waals surface area contributed by atoms with E-state index in [2.05, 4.69) is 126 Å². The topological polar surface area (TPSA) is 43.6 Å². The predicted molar refractivity (Wildman–Crippen MR) is 211 cm³/mol. The van der Waals surface area contributed by atoms with E-state index in [1.54, 1.807) is 0 Å². The molecule has 0 aliphatic heterocycles. The van der Waals surface area contributed by atoms with Gasteiger partial charge in [-0.1, -0.05) is 152 Å². The summed E-state index contributed by atoms with van der Waals surface area (Å²) < 4.78 is 2.41. The molecule has 51 heavy (non-hydrogen) atoms. The summed E-state index contributed by atoms with van der Waals surface area (Å²) >= 11 is 0. The van der Waals surface area contributed by atoms with E-state index in [-0.39, 0.29) is 0 Å². The van der Waals surface area contributed by atoms with Crippen molar-refractivity contribution in [3.05, 3.63) is 182 Å². The van der Waals surface area contributed by atoms with Gasteiger partial charge < -0.3 is 4.57 Å². The molecule has 2 heterocycles. The Bertz CT molecular complexity index is 2830. The van der Waals surface area contributed by atoms with Gasteiger partial charge in [0.1, 0.15) is 0 Å². The standard InChI is InChI=1S/C47H30N4/c1-3-14-33(15-4-1)45-48-46(34-16-5-2-6-17-34)50-47(49-45)42-30-36-19-8-7-18-35(36)29-41(42)32-23-26-37(27-24-32)51-43-22-12-11-21-39(43)40-28-25-31-13-9-10-20-38(31)44(40)51/h1-30H. The van der Waals surface area contributed by atoms with Crippen molar-refractivity contribution in [3.63, 3.8) is 0 Å². The van der Waals surface area contributed by atoms with E-state index in [9.17, 15) is 0 Å². The third kappa shape index (κ3) is 4.96. The van der Waals surface area contributed by atoms with Gasteiger partial charge in [-0.25, -0.2) is 15.0 Å². The Balaban J connectivity index is 1.18. The van der Waals surface area contributed by atoms with Crippen molar-refractivity contribution in [1.82, 2.24) is 19.5 Å². The number of fused-ring (bicyclic) bond motifs is 6. The maximum absolute atomic E-state index is 5.12. The van der Waals surface area contributed by atoms with Gasteiger partial charge in [0.2, 0.25) is 0 Å². The number of aromatic nitrogens is 4. The van der Waals surface area contributed by atoms with Gasteiger partial charge in [0, 0.05) is 38.5 Å². The average molecular weight is 651 g/mol. The first-order valence-corrected chi connectivity index (χ1v) is 17.2. The van der Waals surface area contributed by atoms with Gasteiger partial charge in [0.05, 0.1) is 11.0 Å². The SMILES string of the molecule is c1ccc(-c2nc(-c3ccccc3)nc(-c3cc4ccccc4cc3-c3ccc(-n4c5ccccc5c5ccc6ccccc6c54)cc3)n2)cc1. The first kappa shape index (κ1) is 29.0. The first-order chi connectivity index (χ1) is 25.3. The first-order valence-electron chi connectivity index (χ1n) is 17.2. The lowest BCUT2D eigenvalue weighted by atomic mass is 9.94. The summed E-state index contributed by atoms with van der Waals surface area (Å²) in [6.07, 6.45) is 0. The van der Waals surface area contributed by atoms with E-state index in [1.165, 1.54) is 32.6 Å². The smallest absolute Gasteiger partial charge is 0.164 e. The van der Waals surface area contributed by atoms with Gasteiger partial charge in [0.25, 0.3) is 0 Å². The average Bonchev–Trinajstić information content (AvgIpc) is 3.56. The fourth-order valence-corrected chi connectivity index (χ4v) is 7.38.